The first-order valence-corrected chi connectivity index (χ1v) is 7.07. The second-order valence-electron chi connectivity index (χ2n) is 5.83. The Balaban J connectivity index is 0.00000200. The summed E-state index contributed by atoms with van der Waals surface area (Å²) in [6, 6.07) is 7.63. The number of hydrogen-bond donors (Lipinski definition) is 2. The highest BCUT2D eigenvalue weighted by Gasteiger charge is 2.32. The third-order valence-electron chi connectivity index (χ3n) is 3.92. The number of nitrogens with one attached hydrogen (secondary N) is 2. The summed E-state index contributed by atoms with van der Waals surface area (Å²) in [5, 5.41) is 7.02. The summed E-state index contributed by atoms with van der Waals surface area (Å²) >= 11 is 6.01. The van der Waals surface area contributed by atoms with Crippen LogP contribution in [-0.2, 0) is 10.3 Å². The van der Waals surface area contributed by atoms with Crippen LogP contribution < -0.4 is 10.6 Å². The van der Waals surface area contributed by atoms with E-state index in [4.69, 9.17) is 11.6 Å². The number of carbonyl (C=O) groups excluding carboxylic acids is 1. The van der Waals surface area contributed by atoms with Gasteiger partial charge in [0.05, 0.1) is 5.54 Å². The van der Waals surface area contributed by atoms with E-state index >= 15 is 0 Å². The molecule has 0 radical (unpaired) electrons. The van der Waals surface area contributed by atoms with Crippen LogP contribution in [0.1, 0.15) is 26.3 Å². The van der Waals surface area contributed by atoms with Crippen molar-refractivity contribution in [2.75, 3.05) is 13.1 Å². The third-order valence-corrected chi connectivity index (χ3v) is 4.15. The van der Waals surface area contributed by atoms with Gasteiger partial charge in [0.1, 0.15) is 0 Å². The molecule has 0 aromatic heterocycles. The summed E-state index contributed by atoms with van der Waals surface area (Å²) in [5.74, 6) is 0.603. The van der Waals surface area contributed by atoms with Gasteiger partial charge in [0.2, 0.25) is 5.91 Å². The van der Waals surface area contributed by atoms with Crippen LogP contribution in [0.5, 0.6) is 0 Å². The minimum atomic E-state index is -0.409. The Hall–Kier alpha value is -0.770. The predicted octanol–water partition coefficient (Wildman–Crippen LogP) is 2.97. The van der Waals surface area contributed by atoms with E-state index in [0.29, 0.717) is 10.9 Å². The zero-order chi connectivity index (χ0) is 14.0. The molecule has 1 aliphatic heterocycles. The van der Waals surface area contributed by atoms with Crippen molar-refractivity contribution < 1.29 is 4.79 Å². The molecule has 3 nitrogen and oxygen atoms in total. The van der Waals surface area contributed by atoms with Crippen molar-refractivity contribution in [3.8, 4) is 0 Å². The first kappa shape index (κ1) is 17.3. The van der Waals surface area contributed by atoms with E-state index in [-0.39, 0.29) is 24.2 Å². The highest BCUT2D eigenvalue weighted by atomic mass is 35.5. The fraction of sp³-hybridized carbons (Fsp3) is 0.533. The van der Waals surface area contributed by atoms with Gasteiger partial charge in [0, 0.05) is 10.9 Å². The van der Waals surface area contributed by atoms with Crippen LogP contribution in [-0.4, -0.2) is 19.0 Å². The van der Waals surface area contributed by atoms with Gasteiger partial charge in [-0.3, -0.25) is 4.79 Å². The van der Waals surface area contributed by atoms with Gasteiger partial charge in [-0.1, -0.05) is 30.7 Å². The van der Waals surface area contributed by atoms with E-state index in [1.165, 1.54) is 0 Å². The molecule has 5 heteroatoms. The number of hydrogen-bond acceptors (Lipinski definition) is 2. The molecule has 1 fully saturated rings. The quantitative estimate of drug-likeness (QED) is 0.896. The molecule has 1 aromatic carbocycles. The summed E-state index contributed by atoms with van der Waals surface area (Å²) in [6.45, 7) is 7.87. The lowest BCUT2D eigenvalue weighted by Crippen LogP contribution is -2.52. The fourth-order valence-corrected chi connectivity index (χ4v) is 2.44. The minimum Gasteiger partial charge on any atom is -0.347 e. The van der Waals surface area contributed by atoms with Crippen molar-refractivity contribution in [3.63, 3.8) is 0 Å². The number of carbonyl (C=O) groups is 1. The van der Waals surface area contributed by atoms with Crippen molar-refractivity contribution in [3.05, 3.63) is 34.9 Å². The van der Waals surface area contributed by atoms with Crippen LogP contribution >= 0.6 is 24.0 Å². The van der Waals surface area contributed by atoms with Crippen molar-refractivity contribution in [2.24, 2.45) is 11.8 Å². The number of benzene rings is 1. The first-order valence-electron chi connectivity index (χ1n) is 6.69. The molecule has 1 atom stereocenters. The summed E-state index contributed by atoms with van der Waals surface area (Å²) in [7, 11) is 0. The molecule has 2 rings (SSSR count). The van der Waals surface area contributed by atoms with Crippen LogP contribution in [0.4, 0.5) is 0 Å². The van der Waals surface area contributed by atoms with Crippen LogP contribution in [0.25, 0.3) is 0 Å². The van der Waals surface area contributed by atoms with Gasteiger partial charge in [0.25, 0.3) is 0 Å². The molecule has 0 bridgehead atoms. The summed E-state index contributed by atoms with van der Waals surface area (Å²) in [4.78, 5) is 12.3. The fourth-order valence-electron chi connectivity index (χ4n) is 2.25. The maximum Gasteiger partial charge on any atom is 0.223 e. The van der Waals surface area contributed by atoms with E-state index in [9.17, 15) is 4.79 Å². The van der Waals surface area contributed by atoms with Crippen LogP contribution in [0, 0.1) is 11.8 Å². The lowest BCUT2D eigenvalue weighted by atomic mass is 9.86. The van der Waals surface area contributed by atoms with Gasteiger partial charge in [-0.15, -0.1) is 12.4 Å². The number of rotatable bonds is 4. The molecule has 1 heterocycles. The van der Waals surface area contributed by atoms with Gasteiger partial charge >= 0.3 is 0 Å². The molecule has 0 spiro atoms. The number of amides is 1. The highest BCUT2D eigenvalue weighted by Crippen LogP contribution is 2.24. The Morgan fingerprint density at radius 1 is 1.45 bits per heavy atom. The van der Waals surface area contributed by atoms with Crippen LogP contribution in [0.2, 0.25) is 5.02 Å². The molecule has 1 aromatic rings. The summed E-state index contributed by atoms with van der Waals surface area (Å²) in [5.41, 5.74) is 0.611. The SMILES string of the molecule is CC(C(=O)NC(C)(C)c1cccc(Cl)c1)C1CNC1.Cl. The molecular weight excluding hydrogens is 295 g/mol. The van der Waals surface area contributed by atoms with Crippen molar-refractivity contribution >= 4 is 29.9 Å². The Bertz CT molecular complexity index is 473. The molecule has 2 N–H and O–H groups in total. The van der Waals surface area contributed by atoms with Crippen LogP contribution in [0.3, 0.4) is 0 Å². The standard InChI is InChI=1S/C15H21ClN2O.ClH/c1-10(11-8-17-9-11)14(19)18-15(2,3)12-5-4-6-13(16)7-12;/h4-7,10-11,17H,8-9H2,1-3H3,(H,18,19);1H. The van der Waals surface area contributed by atoms with Gasteiger partial charge in [0.15, 0.2) is 0 Å². The Kier molecular flexibility index (Phi) is 5.87. The lowest BCUT2D eigenvalue weighted by molar-refractivity contribution is -0.128. The molecule has 1 unspecified atom stereocenters. The first-order chi connectivity index (χ1) is 8.90. The van der Waals surface area contributed by atoms with E-state index < -0.39 is 5.54 Å². The monoisotopic (exact) mass is 316 g/mol. The van der Waals surface area contributed by atoms with E-state index in [0.717, 1.165) is 18.7 Å². The molecule has 1 saturated heterocycles. The minimum absolute atomic E-state index is 0. The van der Waals surface area contributed by atoms with Crippen LogP contribution in [0.15, 0.2) is 24.3 Å². The Morgan fingerprint density at radius 2 is 2.10 bits per heavy atom. The van der Waals surface area contributed by atoms with Gasteiger partial charge < -0.3 is 10.6 Å². The number of halogens is 2. The van der Waals surface area contributed by atoms with Crippen molar-refractivity contribution in [2.45, 2.75) is 26.3 Å². The molecule has 0 saturated carbocycles. The molecule has 0 aliphatic carbocycles. The molecule has 20 heavy (non-hydrogen) atoms. The largest absolute Gasteiger partial charge is 0.347 e. The normalized spacial score (nSPS) is 16.8. The van der Waals surface area contributed by atoms with Crippen molar-refractivity contribution in [1.82, 2.24) is 10.6 Å². The van der Waals surface area contributed by atoms with Gasteiger partial charge in [-0.25, -0.2) is 0 Å². The lowest BCUT2D eigenvalue weighted by Gasteiger charge is -2.35. The summed E-state index contributed by atoms with van der Waals surface area (Å²) in [6.07, 6.45) is 0. The van der Waals surface area contributed by atoms with E-state index in [1.54, 1.807) is 0 Å². The average molecular weight is 317 g/mol. The van der Waals surface area contributed by atoms with E-state index in [2.05, 4.69) is 10.6 Å². The van der Waals surface area contributed by atoms with Gasteiger partial charge in [-0.05, 0) is 50.6 Å². The predicted molar refractivity (Wildman–Crippen MR) is 85.4 cm³/mol. The maximum absolute atomic E-state index is 12.3. The third kappa shape index (κ3) is 3.87. The van der Waals surface area contributed by atoms with Gasteiger partial charge in [-0.2, -0.15) is 0 Å². The summed E-state index contributed by atoms with van der Waals surface area (Å²) < 4.78 is 0. The molecule has 1 amide bonds. The Morgan fingerprint density at radius 3 is 2.60 bits per heavy atom. The maximum atomic E-state index is 12.3. The second-order valence-corrected chi connectivity index (χ2v) is 6.27. The zero-order valence-corrected chi connectivity index (χ0v) is 13.6. The average Bonchev–Trinajstić information content (AvgIpc) is 2.26. The molecule has 112 valence electrons. The smallest absolute Gasteiger partial charge is 0.223 e. The topological polar surface area (TPSA) is 41.1 Å². The van der Waals surface area contributed by atoms with Crippen molar-refractivity contribution in [1.29, 1.82) is 0 Å². The second kappa shape index (κ2) is 6.79. The zero-order valence-electron chi connectivity index (χ0n) is 12.1. The highest BCUT2D eigenvalue weighted by molar-refractivity contribution is 6.30. The Labute approximate surface area is 131 Å². The molecular formula is C15H22Cl2N2O. The molecule has 1 aliphatic rings. The van der Waals surface area contributed by atoms with E-state index in [1.807, 2.05) is 45.0 Å².